The van der Waals surface area contributed by atoms with E-state index < -0.39 is 11.5 Å². The lowest BCUT2D eigenvalue weighted by atomic mass is 9.82. The van der Waals surface area contributed by atoms with Gasteiger partial charge in [0.05, 0.1) is 11.5 Å². The molecular weight excluding hydrogens is 259 g/mol. The van der Waals surface area contributed by atoms with Gasteiger partial charge in [0.1, 0.15) is 5.82 Å². The second kappa shape index (κ2) is 6.33. The van der Waals surface area contributed by atoms with E-state index in [0.29, 0.717) is 12.1 Å². The molecule has 1 saturated heterocycles. The Balaban J connectivity index is 1.88. The Morgan fingerprint density at radius 1 is 1.50 bits per heavy atom. The topological polar surface area (TPSA) is 61.4 Å². The van der Waals surface area contributed by atoms with Crippen LogP contribution >= 0.6 is 0 Å². The van der Waals surface area contributed by atoms with E-state index in [9.17, 15) is 14.3 Å². The standard InChI is InChI=1S/C15H21FN2O2/c1-15(7-2-8-17-10-15)14(20)18-9-13(19)11-3-5-12(16)6-4-11/h3-6,13,17,19H,2,7-10H2,1H3,(H,18,20). The smallest absolute Gasteiger partial charge is 0.227 e. The monoisotopic (exact) mass is 280 g/mol. The van der Waals surface area contributed by atoms with Crippen molar-refractivity contribution in [1.29, 1.82) is 0 Å². The highest BCUT2D eigenvalue weighted by Crippen LogP contribution is 2.25. The minimum absolute atomic E-state index is 0.0501. The maximum atomic E-state index is 12.8. The molecule has 3 N–H and O–H groups in total. The highest BCUT2D eigenvalue weighted by atomic mass is 19.1. The Morgan fingerprint density at radius 2 is 2.20 bits per heavy atom. The van der Waals surface area contributed by atoms with Crippen LogP contribution in [0.5, 0.6) is 0 Å². The number of nitrogens with one attached hydrogen (secondary N) is 2. The molecule has 1 heterocycles. The molecule has 110 valence electrons. The molecule has 20 heavy (non-hydrogen) atoms. The molecule has 2 atom stereocenters. The van der Waals surface area contributed by atoms with Gasteiger partial charge in [0, 0.05) is 13.1 Å². The fraction of sp³-hybridized carbons (Fsp3) is 0.533. The molecule has 0 aromatic heterocycles. The summed E-state index contributed by atoms with van der Waals surface area (Å²) in [4.78, 5) is 12.2. The lowest BCUT2D eigenvalue weighted by Crippen LogP contribution is -2.49. The average molecular weight is 280 g/mol. The number of carbonyl (C=O) groups is 1. The predicted octanol–water partition coefficient (Wildman–Crippen LogP) is 1.37. The first-order chi connectivity index (χ1) is 9.51. The summed E-state index contributed by atoms with van der Waals surface area (Å²) in [5.74, 6) is -0.392. The zero-order valence-corrected chi connectivity index (χ0v) is 11.7. The van der Waals surface area contributed by atoms with Gasteiger partial charge in [-0.1, -0.05) is 12.1 Å². The third-order valence-electron chi connectivity index (χ3n) is 3.86. The van der Waals surface area contributed by atoms with Gasteiger partial charge in [0.2, 0.25) is 5.91 Å². The van der Waals surface area contributed by atoms with Crippen LogP contribution in [0.3, 0.4) is 0 Å². The lowest BCUT2D eigenvalue weighted by Gasteiger charge is -2.32. The van der Waals surface area contributed by atoms with Crippen molar-refractivity contribution >= 4 is 5.91 Å². The van der Waals surface area contributed by atoms with Crippen molar-refractivity contribution in [2.75, 3.05) is 19.6 Å². The number of hydrogen-bond acceptors (Lipinski definition) is 3. The SMILES string of the molecule is CC1(C(=O)NCC(O)c2ccc(F)cc2)CCCNC1. The van der Waals surface area contributed by atoms with E-state index >= 15 is 0 Å². The molecule has 0 aliphatic carbocycles. The molecule has 0 radical (unpaired) electrons. The van der Waals surface area contributed by atoms with Gasteiger partial charge in [0.25, 0.3) is 0 Å². The molecule has 1 aliphatic heterocycles. The predicted molar refractivity (Wildman–Crippen MR) is 74.6 cm³/mol. The Hall–Kier alpha value is -1.46. The number of aliphatic hydroxyl groups is 1. The Kier molecular flexibility index (Phi) is 4.73. The maximum Gasteiger partial charge on any atom is 0.227 e. The van der Waals surface area contributed by atoms with Crippen LogP contribution in [0.4, 0.5) is 4.39 Å². The third kappa shape index (κ3) is 3.55. The van der Waals surface area contributed by atoms with Crippen LogP contribution in [-0.4, -0.2) is 30.6 Å². The highest BCUT2D eigenvalue weighted by molar-refractivity contribution is 5.82. The summed E-state index contributed by atoms with van der Waals surface area (Å²) in [6, 6.07) is 5.64. The van der Waals surface area contributed by atoms with Crippen molar-refractivity contribution in [2.45, 2.75) is 25.9 Å². The Labute approximate surface area is 118 Å². The van der Waals surface area contributed by atoms with E-state index in [0.717, 1.165) is 19.4 Å². The van der Waals surface area contributed by atoms with E-state index in [-0.39, 0.29) is 18.3 Å². The zero-order valence-electron chi connectivity index (χ0n) is 11.7. The Bertz CT molecular complexity index is 455. The summed E-state index contributed by atoms with van der Waals surface area (Å²) < 4.78 is 12.8. The van der Waals surface area contributed by atoms with E-state index in [1.165, 1.54) is 24.3 Å². The molecule has 1 amide bonds. The van der Waals surface area contributed by atoms with Gasteiger partial charge in [-0.3, -0.25) is 4.79 Å². The van der Waals surface area contributed by atoms with Crippen molar-refractivity contribution in [3.63, 3.8) is 0 Å². The molecule has 1 aliphatic rings. The second-order valence-electron chi connectivity index (χ2n) is 5.62. The van der Waals surface area contributed by atoms with Crippen LogP contribution < -0.4 is 10.6 Å². The molecule has 2 unspecified atom stereocenters. The van der Waals surface area contributed by atoms with Crippen LogP contribution in [0.1, 0.15) is 31.4 Å². The summed E-state index contributed by atoms with van der Waals surface area (Å²) in [6.07, 6.45) is 1.00. The molecule has 1 aromatic rings. The minimum atomic E-state index is -0.820. The number of hydrogen-bond donors (Lipinski definition) is 3. The van der Waals surface area contributed by atoms with Crippen molar-refractivity contribution < 1.29 is 14.3 Å². The summed E-state index contributed by atoms with van der Waals surface area (Å²) in [5.41, 5.74) is 0.180. The van der Waals surface area contributed by atoms with Crippen molar-refractivity contribution in [1.82, 2.24) is 10.6 Å². The normalized spacial score (nSPS) is 24.1. The second-order valence-corrected chi connectivity index (χ2v) is 5.62. The number of rotatable bonds is 4. The van der Waals surface area contributed by atoms with Crippen LogP contribution in [-0.2, 0) is 4.79 Å². The summed E-state index contributed by atoms with van der Waals surface area (Å²) in [5, 5.41) is 16.0. The third-order valence-corrected chi connectivity index (χ3v) is 3.86. The number of aliphatic hydroxyl groups excluding tert-OH is 1. The highest BCUT2D eigenvalue weighted by Gasteiger charge is 2.34. The number of piperidine rings is 1. The van der Waals surface area contributed by atoms with E-state index in [1.54, 1.807) is 0 Å². The van der Waals surface area contributed by atoms with E-state index in [4.69, 9.17) is 0 Å². The zero-order chi connectivity index (χ0) is 14.6. The van der Waals surface area contributed by atoms with Gasteiger partial charge >= 0.3 is 0 Å². The number of benzene rings is 1. The molecule has 1 aromatic carbocycles. The average Bonchev–Trinajstić information content (AvgIpc) is 2.46. The molecule has 1 fully saturated rings. The first-order valence-electron chi connectivity index (χ1n) is 6.94. The molecule has 0 bridgehead atoms. The van der Waals surface area contributed by atoms with Gasteiger partial charge in [-0.25, -0.2) is 4.39 Å². The number of amides is 1. The summed E-state index contributed by atoms with van der Waals surface area (Å²) in [7, 11) is 0. The van der Waals surface area contributed by atoms with Gasteiger partial charge < -0.3 is 15.7 Å². The number of halogens is 1. The summed E-state index contributed by atoms with van der Waals surface area (Å²) >= 11 is 0. The van der Waals surface area contributed by atoms with Gasteiger partial charge in [-0.05, 0) is 44.0 Å². The molecule has 0 saturated carbocycles. The van der Waals surface area contributed by atoms with Crippen LogP contribution in [0.25, 0.3) is 0 Å². The maximum absolute atomic E-state index is 12.8. The van der Waals surface area contributed by atoms with Gasteiger partial charge in [-0.15, -0.1) is 0 Å². The molecular formula is C15H21FN2O2. The van der Waals surface area contributed by atoms with Crippen molar-refractivity contribution in [3.8, 4) is 0 Å². The van der Waals surface area contributed by atoms with Crippen LogP contribution in [0, 0.1) is 11.2 Å². The lowest BCUT2D eigenvalue weighted by molar-refractivity contribution is -0.131. The molecule has 4 nitrogen and oxygen atoms in total. The fourth-order valence-corrected chi connectivity index (χ4v) is 2.46. The first kappa shape index (κ1) is 14.9. The molecule has 0 spiro atoms. The minimum Gasteiger partial charge on any atom is -0.387 e. The quantitative estimate of drug-likeness (QED) is 0.780. The largest absolute Gasteiger partial charge is 0.387 e. The van der Waals surface area contributed by atoms with Gasteiger partial charge in [-0.2, -0.15) is 0 Å². The summed E-state index contributed by atoms with van der Waals surface area (Å²) in [6.45, 7) is 3.67. The number of carbonyl (C=O) groups excluding carboxylic acids is 1. The van der Waals surface area contributed by atoms with E-state index in [1.807, 2.05) is 6.92 Å². The first-order valence-corrected chi connectivity index (χ1v) is 6.94. The van der Waals surface area contributed by atoms with Crippen LogP contribution in [0.15, 0.2) is 24.3 Å². The fourth-order valence-electron chi connectivity index (χ4n) is 2.46. The molecule has 2 rings (SSSR count). The van der Waals surface area contributed by atoms with Crippen molar-refractivity contribution in [2.24, 2.45) is 5.41 Å². The van der Waals surface area contributed by atoms with Gasteiger partial charge in [0.15, 0.2) is 0 Å². The van der Waals surface area contributed by atoms with Crippen molar-refractivity contribution in [3.05, 3.63) is 35.6 Å². The Morgan fingerprint density at radius 3 is 2.80 bits per heavy atom. The van der Waals surface area contributed by atoms with Crippen LogP contribution in [0.2, 0.25) is 0 Å². The molecule has 5 heteroatoms. The van der Waals surface area contributed by atoms with E-state index in [2.05, 4.69) is 10.6 Å².